The summed E-state index contributed by atoms with van der Waals surface area (Å²) in [5.74, 6) is -0.00861. The molecule has 5 nitrogen and oxygen atoms in total. The maximum Gasteiger partial charge on any atom is 0.225 e. The molecule has 0 aliphatic rings. The average Bonchev–Trinajstić information content (AvgIpc) is 3.00. The van der Waals surface area contributed by atoms with Crippen LogP contribution < -0.4 is 5.32 Å². The van der Waals surface area contributed by atoms with Crippen LogP contribution in [0.5, 0.6) is 0 Å². The molecule has 0 aliphatic carbocycles. The van der Waals surface area contributed by atoms with Gasteiger partial charge in [-0.05, 0) is 17.5 Å². The molecule has 0 bridgehead atoms. The molecule has 1 N–H and O–H groups in total. The van der Waals surface area contributed by atoms with Gasteiger partial charge in [0, 0.05) is 25.2 Å². The monoisotopic (exact) mass is 279 g/mol. The Bertz CT molecular complexity index is 522. The lowest BCUT2D eigenvalue weighted by Crippen LogP contribution is -2.33. The van der Waals surface area contributed by atoms with E-state index in [1.54, 1.807) is 29.3 Å². The Hall–Kier alpha value is -1.66. The van der Waals surface area contributed by atoms with Gasteiger partial charge in [0.1, 0.15) is 0 Å². The fourth-order valence-corrected chi connectivity index (χ4v) is 2.61. The van der Waals surface area contributed by atoms with Gasteiger partial charge >= 0.3 is 0 Å². The van der Waals surface area contributed by atoms with E-state index in [0.717, 1.165) is 10.6 Å². The van der Waals surface area contributed by atoms with E-state index >= 15 is 0 Å². The maximum absolute atomic E-state index is 12.0. The third-order valence-electron chi connectivity index (χ3n) is 2.80. The molecule has 2 heterocycles. The van der Waals surface area contributed by atoms with Crippen molar-refractivity contribution < 1.29 is 9.53 Å². The fraction of sp³-hybridized carbons (Fsp3) is 0.385. The van der Waals surface area contributed by atoms with Crippen molar-refractivity contribution >= 4 is 17.2 Å². The molecule has 19 heavy (non-hydrogen) atoms. The molecule has 1 unspecified atom stereocenters. The van der Waals surface area contributed by atoms with Gasteiger partial charge in [-0.1, -0.05) is 6.07 Å². The zero-order chi connectivity index (χ0) is 13.7. The van der Waals surface area contributed by atoms with Gasteiger partial charge in [0.2, 0.25) is 5.91 Å². The summed E-state index contributed by atoms with van der Waals surface area (Å²) < 4.78 is 6.91. The molecule has 0 radical (unpaired) electrons. The van der Waals surface area contributed by atoms with E-state index in [2.05, 4.69) is 10.4 Å². The Kier molecular flexibility index (Phi) is 4.70. The van der Waals surface area contributed by atoms with Crippen molar-refractivity contribution in [3.63, 3.8) is 0 Å². The molecule has 0 saturated carbocycles. The first-order valence-corrected chi connectivity index (χ1v) is 6.87. The van der Waals surface area contributed by atoms with Crippen LogP contribution in [0.4, 0.5) is 0 Å². The number of nitrogens with one attached hydrogen (secondary N) is 1. The largest absolute Gasteiger partial charge is 0.382 e. The molecular formula is C13H17N3O2S. The molecule has 102 valence electrons. The highest BCUT2D eigenvalue weighted by atomic mass is 32.1. The quantitative estimate of drug-likeness (QED) is 0.872. The topological polar surface area (TPSA) is 56.1 Å². The van der Waals surface area contributed by atoms with Crippen LogP contribution in [-0.4, -0.2) is 29.4 Å². The van der Waals surface area contributed by atoms with E-state index in [9.17, 15) is 4.79 Å². The average molecular weight is 279 g/mol. The fourth-order valence-electron chi connectivity index (χ4n) is 1.91. The third kappa shape index (κ3) is 3.65. The number of carbonyl (C=O) groups excluding carboxylic acids is 1. The first-order valence-electron chi connectivity index (χ1n) is 5.99. The highest BCUT2D eigenvalue weighted by molar-refractivity contribution is 7.10. The molecule has 0 saturated heterocycles. The standard InChI is InChI=1S/C13H17N3O2S/c1-16-12(5-6-14-16)11(9-18-2)15-13(17)8-10-4-3-7-19-10/h3-7,11H,8-9H2,1-2H3,(H,15,17). The van der Waals surface area contributed by atoms with Gasteiger partial charge in [-0.3, -0.25) is 9.48 Å². The number of nitrogens with zero attached hydrogens (tertiary/aromatic N) is 2. The predicted molar refractivity (Wildman–Crippen MR) is 74.0 cm³/mol. The number of ether oxygens (including phenoxy) is 1. The minimum Gasteiger partial charge on any atom is -0.382 e. The van der Waals surface area contributed by atoms with Crippen molar-refractivity contribution in [1.82, 2.24) is 15.1 Å². The molecule has 2 aromatic rings. The summed E-state index contributed by atoms with van der Waals surface area (Å²) in [6.07, 6.45) is 2.11. The Balaban J connectivity index is 2.01. The van der Waals surface area contributed by atoms with Crippen molar-refractivity contribution in [3.8, 4) is 0 Å². The maximum atomic E-state index is 12.0. The minimum atomic E-state index is -0.176. The lowest BCUT2D eigenvalue weighted by molar-refractivity contribution is -0.121. The smallest absolute Gasteiger partial charge is 0.225 e. The molecule has 6 heteroatoms. The normalized spacial score (nSPS) is 12.3. The summed E-state index contributed by atoms with van der Waals surface area (Å²) in [5.41, 5.74) is 0.932. The van der Waals surface area contributed by atoms with Crippen molar-refractivity contribution in [2.24, 2.45) is 7.05 Å². The van der Waals surface area contributed by atoms with Gasteiger partial charge in [0.05, 0.1) is 24.8 Å². The van der Waals surface area contributed by atoms with E-state index < -0.39 is 0 Å². The SMILES string of the molecule is COCC(NC(=O)Cc1cccs1)c1ccnn1C. The Labute approximate surface area is 116 Å². The zero-order valence-corrected chi connectivity index (χ0v) is 11.8. The predicted octanol–water partition coefficient (Wildman–Crippen LogP) is 1.53. The number of rotatable bonds is 6. The van der Waals surface area contributed by atoms with Crippen LogP contribution in [0.3, 0.4) is 0 Å². The molecule has 2 aromatic heterocycles. The van der Waals surface area contributed by atoms with Crippen LogP contribution in [0.15, 0.2) is 29.8 Å². The van der Waals surface area contributed by atoms with Gasteiger partial charge in [0.25, 0.3) is 0 Å². The summed E-state index contributed by atoms with van der Waals surface area (Å²) in [7, 11) is 3.47. The highest BCUT2D eigenvalue weighted by Gasteiger charge is 2.17. The summed E-state index contributed by atoms with van der Waals surface area (Å²) in [6.45, 7) is 0.426. The van der Waals surface area contributed by atoms with Gasteiger partial charge in [-0.25, -0.2) is 0 Å². The number of hydrogen-bond acceptors (Lipinski definition) is 4. The number of hydrogen-bond donors (Lipinski definition) is 1. The Morgan fingerprint density at radius 1 is 1.58 bits per heavy atom. The molecule has 0 aromatic carbocycles. The number of aromatic nitrogens is 2. The van der Waals surface area contributed by atoms with Crippen LogP contribution in [0.1, 0.15) is 16.6 Å². The van der Waals surface area contributed by atoms with E-state index in [0.29, 0.717) is 13.0 Å². The first kappa shape index (κ1) is 13.8. The lowest BCUT2D eigenvalue weighted by Gasteiger charge is -2.18. The summed E-state index contributed by atoms with van der Waals surface area (Å²) in [4.78, 5) is 13.1. The lowest BCUT2D eigenvalue weighted by atomic mass is 10.2. The number of thiophene rings is 1. The van der Waals surface area contributed by atoms with E-state index in [1.807, 2.05) is 30.6 Å². The van der Waals surface area contributed by atoms with Crippen LogP contribution in [0.2, 0.25) is 0 Å². The number of carbonyl (C=O) groups is 1. The second-order valence-electron chi connectivity index (χ2n) is 4.21. The summed E-state index contributed by atoms with van der Waals surface area (Å²) in [6, 6.07) is 5.61. The Morgan fingerprint density at radius 2 is 2.42 bits per heavy atom. The molecule has 0 spiro atoms. The molecule has 1 atom stereocenters. The molecule has 2 rings (SSSR count). The van der Waals surface area contributed by atoms with E-state index in [-0.39, 0.29) is 11.9 Å². The second kappa shape index (κ2) is 6.49. The van der Waals surface area contributed by atoms with Gasteiger partial charge < -0.3 is 10.1 Å². The minimum absolute atomic E-state index is 0.00861. The molecule has 0 aliphatic heterocycles. The van der Waals surface area contributed by atoms with E-state index in [1.165, 1.54) is 0 Å². The molecule has 1 amide bonds. The van der Waals surface area contributed by atoms with Crippen molar-refractivity contribution in [3.05, 3.63) is 40.3 Å². The van der Waals surface area contributed by atoms with Gasteiger partial charge in [0.15, 0.2) is 0 Å². The van der Waals surface area contributed by atoms with Crippen molar-refractivity contribution in [2.75, 3.05) is 13.7 Å². The van der Waals surface area contributed by atoms with Crippen LogP contribution in [0.25, 0.3) is 0 Å². The number of amides is 1. The van der Waals surface area contributed by atoms with Crippen LogP contribution in [-0.2, 0) is 23.0 Å². The van der Waals surface area contributed by atoms with Crippen molar-refractivity contribution in [2.45, 2.75) is 12.5 Å². The number of methoxy groups -OCH3 is 1. The van der Waals surface area contributed by atoms with E-state index in [4.69, 9.17) is 4.74 Å². The van der Waals surface area contributed by atoms with Crippen LogP contribution in [0, 0.1) is 0 Å². The highest BCUT2D eigenvalue weighted by Crippen LogP contribution is 2.14. The Morgan fingerprint density at radius 3 is 3.00 bits per heavy atom. The van der Waals surface area contributed by atoms with Crippen LogP contribution >= 0.6 is 11.3 Å². The second-order valence-corrected chi connectivity index (χ2v) is 5.24. The zero-order valence-electron chi connectivity index (χ0n) is 11.0. The van der Waals surface area contributed by atoms with Gasteiger partial charge in [-0.2, -0.15) is 5.10 Å². The van der Waals surface area contributed by atoms with Crippen molar-refractivity contribution in [1.29, 1.82) is 0 Å². The molecular weight excluding hydrogens is 262 g/mol. The molecule has 0 fully saturated rings. The number of aryl methyl sites for hydroxylation is 1. The first-order chi connectivity index (χ1) is 9.20. The summed E-state index contributed by atoms with van der Waals surface area (Å²) >= 11 is 1.58. The van der Waals surface area contributed by atoms with Gasteiger partial charge in [-0.15, -0.1) is 11.3 Å². The summed E-state index contributed by atoms with van der Waals surface area (Å²) in [5, 5.41) is 9.06. The third-order valence-corrected chi connectivity index (χ3v) is 3.68.